The first-order chi connectivity index (χ1) is 15.6. The Hall–Kier alpha value is -3.78. The number of para-hydroxylation sites is 2. The molecule has 0 fully saturated rings. The number of amides is 1. The van der Waals surface area contributed by atoms with Crippen molar-refractivity contribution >= 4 is 45.3 Å². The molecule has 0 aliphatic rings. The van der Waals surface area contributed by atoms with E-state index in [9.17, 15) is 4.79 Å². The predicted molar refractivity (Wildman–Crippen MR) is 126 cm³/mol. The Balaban J connectivity index is 1.35. The fourth-order valence-electron chi connectivity index (χ4n) is 3.66. The molecule has 8 heteroatoms. The molecule has 5 aromatic rings. The number of hydrogen-bond donors (Lipinski definition) is 1. The van der Waals surface area contributed by atoms with Crippen LogP contribution < -0.4 is 10.1 Å². The largest absolute Gasteiger partial charge is 0.495 e. The van der Waals surface area contributed by atoms with Gasteiger partial charge >= 0.3 is 0 Å². The second-order valence-electron chi connectivity index (χ2n) is 7.25. The SMILES string of the molecule is COc1cc2c(cc1NC(=O)CSc1nncn1-c1ccccc1C)oc1ccccc12. The minimum absolute atomic E-state index is 0.173. The molecule has 7 nitrogen and oxygen atoms in total. The monoisotopic (exact) mass is 444 g/mol. The number of benzene rings is 3. The van der Waals surface area contributed by atoms with Gasteiger partial charge in [0.05, 0.1) is 24.2 Å². The number of carbonyl (C=O) groups excluding carboxylic acids is 1. The van der Waals surface area contributed by atoms with Crippen LogP contribution in [0.3, 0.4) is 0 Å². The van der Waals surface area contributed by atoms with Crippen LogP contribution in [0.15, 0.2) is 76.6 Å². The van der Waals surface area contributed by atoms with Gasteiger partial charge in [-0.15, -0.1) is 10.2 Å². The number of anilines is 1. The number of nitrogens with zero attached hydrogens (tertiary/aromatic N) is 3. The van der Waals surface area contributed by atoms with Gasteiger partial charge in [0.25, 0.3) is 0 Å². The maximum atomic E-state index is 12.7. The van der Waals surface area contributed by atoms with Crippen LogP contribution in [0.25, 0.3) is 27.6 Å². The van der Waals surface area contributed by atoms with E-state index < -0.39 is 0 Å². The van der Waals surface area contributed by atoms with Gasteiger partial charge in [0.15, 0.2) is 5.16 Å². The highest BCUT2D eigenvalue weighted by Crippen LogP contribution is 2.36. The Morgan fingerprint density at radius 2 is 1.91 bits per heavy atom. The number of hydrogen-bond acceptors (Lipinski definition) is 6. The van der Waals surface area contributed by atoms with E-state index in [1.54, 1.807) is 19.5 Å². The number of fused-ring (bicyclic) bond motifs is 3. The van der Waals surface area contributed by atoms with Crippen LogP contribution in [0, 0.1) is 6.92 Å². The van der Waals surface area contributed by atoms with Gasteiger partial charge in [0.1, 0.15) is 23.2 Å². The van der Waals surface area contributed by atoms with Crippen LogP contribution >= 0.6 is 11.8 Å². The minimum atomic E-state index is -0.178. The van der Waals surface area contributed by atoms with Crippen molar-refractivity contribution in [2.24, 2.45) is 0 Å². The Labute approximate surface area is 188 Å². The minimum Gasteiger partial charge on any atom is -0.495 e. The molecule has 1 amide bonds. The zero-order valence-electron chi connectivity index (χ0n) is 17.5. The number of thioether (sulfide) groups is 1. The normalized spacial score (nSPS) is 11.2. The molecule has 32 heavy (non-hydrogen) atoms. The van der Waals surface area contributed by atoms with Crippen LogP contribution in [0.4, 0.5) is 5.69 Å². The smallest absolute Gasteiger partial charge is 0.234 e. The van der Waals surface area contributed by atoms with Crippen molar-refractivity contribution in [3.8, 4) is 11.4 Å². The summed E-state index contributed by atoms with van der Waals surface area (Å²) in [7, 11) is 1.58. The van der Waals surface area contributed by atoms with Crippen molar-refractivity contribution in [1.82, 2.24) is 14.8 Å². The summed E-state index contributed by atoms with van der Waals surface area (Å²) < 4.78 is 13.3. The summed E-state index contributed by atoms with van der Waals surface area (Å²) in [5, 5.41) is 13.7. The molecule has 0 spiro atoms. The van der Waals surface area contributed by atoms with Crippen LogP contribution in [0.2, 0.25) is 0 Å². The molecule has 0 unspecified atom stereocenters. The van der Waals surface area contributed by atoms with Gasteiger partial charge in [-0.1, -0.05) is 48.2 Å². The van der Waals surface area contributed by atoms with Crippen molar-refractivity contribution < 1.29 is 13.9 Å². The third-order valence-electron chi connectivity index (χ3n) is 5.20. The highest BCUT2D eigenvalue weighted by molar-refractivity contribution is 7.99. The van der Waals surface area contributed by atoms with Gasteiger partial charge in [-0.2, -0.15) is 0 Å². The molecule has 2 aromatic heterocycles. The molecule has 3 aromatic carbocycles. The van der Waals surface area contributed by atoms with E-state index in [0.29, 0.717) is 22.2 Å². The van der Waals surface area contributed by atoms with Gasteiger partial charge in [0, 0.05) is 16.8 Å². The standard InChI is InChI=1S/C24H20N4O3S/c1-15-7-3-5-9-19(15)28-14-25-27-24(28)32-13-23(29)26-18-12-21-17(11-22(18)30-2)16-8-4-6-10-20(16)31-21/h3-12,14H,13H2,1-2H3,(H,26,29). The molecule has 0 aliphatic heterocycles. The highest BCUT2D eigenvalue weighted by Gasteiger charge is 2.16. The van der Waals surface area contributed by atoms with Gasteiger partial charge < -0.3 is 14.5 Å². The summed E-state index contributed by atoms with van der Waals surface area (Å²) in [6.07, 6.45) is 1.65. The average Bonchev–Trinajstić information content (AvgIpc) is 3.41. The van der Waals surface area contributed by atoms with Crippen molar-refractivity contribution in [2.45, 2.75) is 12.1 Å². The lowest BCUT2D eigenvalue weighted by Gasteiger charge is -2.11. The Kier molecular flexibility index (Phi) is 5.28. The summed E-state index contributed by atoms with van der Waals surface area (Å²) in [6, 6.07) is 19.5. The predicted octanol–water partition coefficient (Wildman–Crippen LogP) is 5.21. The summed E-state index contributed by atoms with van der Waals surface area (Å²) in [5.74, 6) is 0.569. The number of aryl methyl sites for hydroxylation is 1. The number of nitrogens with one attached hydrogen (secondary N) is 1. The number of methoxy groups -OCH3 is 1. The lowest BCUT2D eigenvalue weighted by molar-refractivity contribution is -0.113. The second-order valence-corrected chi connectivity index (χ2v) is 8.20. The quantitative estimate of drug-likeness (QED) is 0.362. The molecule has 2 heterocycles. The molecule has 0 atom stereocenters. The van der Waals surface area contributed by atoms with Gasteiger partial charge in [-0.05, 0) is 30.7 Å². The van der Waals surface area contributed by atoms with Gasteiger partial charge in [-0.25, -0.2) is 0 Å². The number of carbonyl (C=O) groups is 1. The van der Waals surface area contributed by atoms with Gasteiger partial charge in [0.2, 0.25) is 5.91 Å². The summed E-state index contributed by atoms with van der Waals surface area (Å²) in [6.45, 7) is 2.02. The number of rotatable bonds is 6. The molecule has 0 radical (unpaired) electrons. The van der Waals surface area contributed by atoms with Crippen LogP contribution in [0.1, 0.15) is 5.56 Å². The fourth-order valence-corrected chi connectivity index (χ4v) is 4.38. The van der Waals surface area contributed by atoms with Crippen LogP contribution in [-0.4, -0.2) is 33.5 Å². The van der Waals surface area contributed by atoms with E-state index in [0.717, 1.165) is 27.6 Å². The van der Waals surface area contributed by atoms with Crippen LogP contribution in [-0.2, 0) is 4.79 Å². The lowest BCUT2D eigenvalue weighted by atomic mass is 10.1. The van der Waals surface area contributed by atoms with Crippen molar-refractivity contribution in [1.29, 1.82) is 0 Å². The zero-order valence-corrected chi connectivity index (χ0v) is 18.3. The Morgan fingerprint density at radius 3 is 2.75 bits per heavy atom. The van der Waals surface area contributed by atoms with E-state index >= 15 is 0 Å². The lowest BCUT2D eigenvalue weighted by Crippen LogP contribution is -2.15. The van der Waals surface area contributed by atoms with Crippen molar-refractivity contribution in [2.75, 3.05) is 18.2 Å². The average molecular weight is 445 g/mol. The molecule has 160 valence electrons. The fraction of sp³-hybridized carbons (Fsp3) is 0.125. The topological polar surface area (TPSA) is 82.2 Å². The number of furan rings is 1. The van der Waals surface area contributed by atoms with Gasteiger partial charge in [-0.3, -0.25) is 9.36 Å². The maximum absolute atomic E-state index is 12.7. The van der Waals surface area contributed by atoms with Crippen molar-refractivity contribution in [3.05, 3.63) is 72.6 Å². The summed E-state index contributed by atoms with van der Waals surface area (Å²) in [4.78, 5) is 12.7. The highest BCUT2D eigenvalue weighted by atomic mass is 32.2. The number of aromatic nitrogens is 3. The first-order valence-corrected chi connectivity index (χ1v) is 11.0. The molecule has 5 rings (SSSR count). The third-order valence-corrected chi connectivity index (χ3v) is 6.14. The first-order valence-electron chi connectivity index (χ1n) is 10.0. The van der Waals surface area contributed by atoms with Crippen molar-refractivity contribution in [3.63, 3.8) is 0 Å². The number of ether oxygens (including phenoxy) is 1. The van der Waals surface area contributed by atoms with E-state index in [1.807, 2.05) is 66.1 Å². The summed E-state index contributed by atoms with van der Waals surface area (Å²) in [5.41, 5.74) is 4.12. The van der Waals surface area contributed by atoms with E-state index in [-0.39, 0.29) is 11.7 Å². The second kappa shape index (κ2) is 8.39. The molecule has 1 N–H and O–H groups in total. The molecule has 0 aliphatic carbocycles. The van der Waals surface area contributed by atoms with E-state index in [2.05, 4.69) is 15.5 Å². The Morgan fingerprint density at radius 1 is 1.09 bits per heavy atom. The molecular weight excluding hydrogens is 424 g/mol. The summed E-state index contributed by atoms with van der Waals surface area (Å²) >= 11 is 1.32. The third kappa shape index (κ3) is 3.69. The molecule has 0 saturated carbocycles. The maximum Gasteiger partial charge on any atom is 0.234 e. The van der Waals surface area contributed by atoms with E-state index in [1.165, 1.54) is 11.8 Å². The van der Waals surface area contributed by atoms with Crippen LogP contribution in [0.5, 0.6) is 5.75 Å². The molecule has 0 bridgehead atoms. The Bertz CT molecular complexity index is 1440. The first kappa shape index (κ1) is 20.1. The molecule has 0 saturated heterocycles. The zero-order chi connectivity index (χ0) is 22.1. The van der Waals surface area contributed by atoms with E-state index in [4.69, 9.17) is 9.15 Å². The molecular formula is C24H20N4O3S.